The molecule has 1 aromatic carbocycles. The molecular formula is C19H17N5O. The maximum absolute atomic E-state index is 12.4. The van der Waals surface area contributed by atoms with E-state index >= 15 is 0 Å². The van der Waals surface area contributed by atoms with Crippen molar-refractivity contribution in [1.82, 2.24) is 20.2 Å². The molecule has 6 nitrogen and oxygen atoms in total. The second kappa shape index (κ2) is 6.24. The molecule has 3 aromatic heterocycles. The summed E-state index contributed by atoms with van der Waals surface area (Å²) in [6.07, 6.45) is 5.62. The van der Waals surface area contributed by atoms with E-state index in [4.69, 9.17) is 0 Å². The number of carbonyl (C=O) groups excluding carboxylic acids is 1. The number of hydrogen-bond donors (Lipinski definition) is 3. The van der Waals surface area contributed by atoms with Crippen LogP contribution in [0.5, 0.6) is 0 Å². The van der Waals surface area contributed by atoms with Gasteiger partial charge >= 0.3 is 0 Å². The van der Waals surface area contributed by atoms with Gasteiger partial charge in [0.2, 0.25) is 5.91 Å². The number of pyridine rings is 1. The van der Waals surface area contributed by atoms with Gasteiger partial charge in [0.1, 0.15) is 0 Å². The molecule has 0 atom stereocenters. The third-order valence-corrected chi connectivity index (χ3v) is 4.18. The Morgan fingerprint density at radius 3 is 2.88 bits per heavy atom. The molecule has 6 heteroatoms. The van der Waals surface area contributed by atoms with Crippen LogP contribution in [0.1, 0.15) is 11.1 Å². The van der Waals surface area contributed by atoms with Gasteiger partial charge in [-0.15, -0.1) is 0 Å². The number of hydrogen-bond acceptors (Lipinski definition) is 3. The molecule has 4 aromatic rings. The van der Waals surface area contributed by atoms with Gasteiger partial charge < -0.3 is 10.3 Å². The fourth-order valence-electron chi connectivity index (χ4n) is 3.02. The first-order valence-electron chi connectivity index (χ1n) is 8.02. The molecule has 0 saturated carbocycles. The standard InChI is InChI=1S/C19H17N5O/c1-12-3-2-4-15-19(12)14(11-21-15)9-18(25)22-17-10-16(23-24-17)13-5-7-20-8-6-13/h2-8,10-11,21H,9H2,1H3,(H2,22,23,24,25). The van der Waals surface area contributed by atoms with E-state index < -0.39 is 0 Å². The van der Waals surface area contributed by atoms with Gasteiger partial charge in [0.25, 0.3) is 0 Å². The lowest BCUT2D eigenvalue weighted by Gasteiger charge is -2.03. The van der Waals surface area contributed by atoms with E-state index in [9.17, 15) is 4.79 Å². The number of aromatic nitrogens is 4. The minimum absolute atomic E-state index is 0.100. The minimum Gasteiger partial charge on any atom is -0.361 e. The fraction of sp³-hybridized carbons (Fsp3) is 0.105. The van der Waals surface area contributed by atoms with Crippen molar-refractivity contribution in [1.29, 1.82) is 0 Å². The summed E-state index contributed by atoms with van der Waals surface area (Å²) < 4.78 is 0. The molecule has 3 heterocycles. The summed E-state index contributed by atoms with van der Waals surface area (Å²) >= 11 is 0. The molecule has 0 unspecified atom stereocenters. The molecule has 25 heavy (non-hydrogen) atoms. The number of H-pyrrole nitrogens is 2. The molecule has 3 N–H and O–H groups in total. The van der Waals surface area contributed by atoms with Crippen LogP contribution in [0.4, 0.5) is 5.82 Å². The molecule has 0 fully saturated rings. The number of nitrogens with one attached hydrogen (secondary N) is 3. The van der Waals surface area contributed by atoms with E-state index in [0.29, 0.717) is 12.2 Å². The van der Waals surface area contributed by atoms with Crippen molar-refractivity contribution in [2.45, 2.75) is 13.3 Å². The van der Waals surface area contributed by atoms with Gasteiger partial charge in [-0.05, 0) is 36.2 Å². The van der Waals surface area contributed by atoms with Crippen LogP contribution in [0.25, 0.3) is 22.2 Å². The molecule has 0 aliphatic heterocycles. The number of anilines is 1. The molecule has 124 valence electrons. The van der Waals surface area contributed by atoms with Gasteiger partial charge in [0, 0.05) is 41.1 Å². The highest BCUT2D eigenvalue weighted by Crippen LogP contribution is 2.23. The van der Waals surface area contributed by atoms with E-state index in [1.807, 2.05) is 49.5 Å². The van der Waals surface area contributed by atoms with Crippen molar-refractivity contribution < 1.29 is 4.79 Å². The highest BCUT2D eigenvalue weighted by atomic mass is 16.1. The number of rotatable bonds is 4. The van der Waals surface area contributed by atoms with Crippen molar-refractivity contribution in [2.75, 3.05) is 5.32 Å². The fourth-order valence-corrected chi connectivity index (χ4v) is 3.02. The molecule has 0 bridgehead atoms. The number of benzene rings is 1. The lowest BCUT2D eigenvalue weighted by molar-refractivity contribution is -0.115. The zero-order valence-corrected chi connectivity index (χ0v) is 13.7. The quantitative estimate of drug-likeness (QED) is 0.535. The topological polar surface area (TPSA) is 86.5 Å². The van der Waals surface area contributed by atoms with Crippen LogP contribution >= 0.6 is 0 Å². The third-order valence-electron chi connectivity index (χ3n) is 4.18. The lowest BCUT2D eigenvalue weighted by atomic mass is 10.1. The maximum atomic E-state index is 12.4. The molecule has 1 amide bonds. The van der Waals surface area contributed by atoms with Crippen LogP contribution in [0.3, 0.4) is 0 Å². The largest absolute Gasteiger partial charge is 0.361 e. The molecule has 0 aliphatic carbocycles. The summed E-state index contributed by atoms with van der Waals surface area (Å²) in [6, 6.07) is 11.6. The molecular weight excluding hydrogens is 314 g/mol. The van der Waals surface area contributed by atoms with Gasteiger partial charge in [0.15, 0.2) is 5.82 Å². The summed E-state index contributed by atoms with van der Waals surface area (Å²) in [5.74, 6) is 0.408. The van der Waals surface area contributed by atoms with Gasteiger partial charge in [-0.25, -0.2) is 0 Å². The van der Waals surface area contributed by atoms with Crippen LogP contribution in [-0.4, -0.2) is 26.1 Å². The monoisotopic (exact) mass is 331 g/mol. The second-order valence-corrected chi connectivity index (χ2v) is 5.94. The van der Waals surface area contributed by atoms with Crippen LogP contribution in [0.15, 0.2) is 55.0 Å². The Bertz CT molecular complexity index is 1030. The number of nitrogens with zero attached hydrogens (tertiary/aromatic N) is 2. The Kier molecular flexibility index (Phi) is 3.78. The number of aryl methyl sites for hydroxylation is 1. The summed E-state index contributed by atoms with van der Waals surface area (Å²) in [4.78, 5) is 19.6. The first-order chi connectivity index (χ1) is 12.2. The highest BCUT2D eigenvalue weighted by molar-refractivity contribution is 5.96. The summed E-state index contributed by atoms with van der Waals surface area (Å²) in [7, 11) is 0. The first kappa shape index (κ1) is 15.1. The third kappa shape index (κ3) is 3.01. The lowest BCUT2D eigenvalue weighted by Crippen LogP contribution is -2.14. The van der Waals surface area contributed by atoms with Gasteiger partial charge in [0.05, 0.1) is 12.1 Å². The molecule has 0 saturated heterocycles. The Labute approximate surface area is 144 Å². The van der Waals surface area contributed by atoms with Gasteiger partial charge in [-0.2, -0.15) is 5.10 Å². The predicted molar refractivity (Wildman–Crippen MR) is 97.2 cm³/mol. The Hall–Kier alpha value is -3.41. The van der Waals surface area contributed by atoms with Crippen molar-refractivity contribution in [3.05, 3.63) is 66.1 Å². The minimum atomic E-state index is -0.100. The van der Waals surface area contributed by atoms with Gasteiger partial charge in [-0.1, -0.05) is 12.1 Å². The second-order valence-electron chi connectivity index (χ2n) is 5.94. The van der Waals surface area contributed by atoms with Crippen molar-refractivity contribution in [2.24, 2.45) is 0 Å². The van der Waals surface area contributed by atoms with Crippen molar-refractivity contribution >= 4 is 22.6 Å². The Morgan fingerprint density at radius 1 is 1.20 bits per heavy atom. The number of fused-ring (bicyclic) bond motifs is 1. The molecule has 0 aliphatic rings. The SMILES string of the molecule is Cc1cccc2[nH]cc(CC(=O)Nc3cc(-c4ccncc4)[nH]n3)c12. The zero-order valence-electron chi connectivity index (χ0n) is 13.7. The summed E-state index contributed by atoms with van der Waals surface area (Å²) in [5, 5.41) is 11.0. The number of carbonyl (C=O) groups is 1. The van der Waals surface area contributed by atoms with E-state index in [1.165, 1.54) is 0 Å². The smallest absolute Gasteiger partial charge is 0.230 e. The van der Waals surface area contributed by atoms with Crippen LogP contribution < -0.4 is 5.32 Å². The van der Waals surface area contributed by atoms with Gasteiger partial charge in [-0.3, -0.25) is 14.9 Å². The normalized spacial score (nSPS) is 10.9. The Morgan fingerprint density at radius 2 is 2.04 bits per heavy atom. The van der Waals surface area contributed by atoms with Crippen LogP contribution in [0, 0.1) is 6.92 Å². The average Bonchev–Trinajstić information content (AvgIpc) is 3.24. The number of amides is 1. The summed E-state index contributed by atoms with van der Waals surface area (Å²) in [6.45, 7) is 2.05. The first-order valence-corrected chi connectivity index (χ1v) is 8.02. The molecule has 4 rings (SSSR count). The van der Waals surface area contributed by atoms with E-state index in [0.717, 1.165) is 33.3 Å². The van der Waals surface area contributed by atoms with Crippen molar-refractivity contribution in [3.63, 3.8) is 0 Å². The average molecular weight is 331 g/mol. The Balaban J connectivity index is 1.50. The van der Waals surface area contributed by atoms with E-state index in [1.54, 1.807) is 12.4 Å². The zero-order chi connectivity index (χ0) is 17.2. The summed E-state index contributed by atoms with van der Waals surface area (Å²) in [5.41, 5.74) is 4.98. The predicted octanol–water partition coefficient (Wildman–Crippen LogP) is 3.44. The maximum Gasteiger partial charge on any atom is 0.230 e. The molecule has 0 radical (unpaired) electrons. The highest BCUT2D eigenvalue weighted by Gasteiger charge is 2.12. The number of aromatic amines is 2. The van der Waals surface area contributed by atoms with E-state index in [2.05, 4.69) is 25.5 Å². The van der Waals surface area contributed by atoms with Crippen LogP contribution in [0.2, 0.25) is 0 Å². The van der Waals surface area contributed by atoms with Crippen LogP contribution in [-0.2, 0) is 11.2 Å². The van der Waals surface area contributed by atoms with E-state index in [-0.39, 0.29) is 5.91 Å². The molecule has 0 spiro atoms. The van der Waals surface area contributed by atoms with Crippen molar-refractivity contribution in [3.8, 4) is 11.3 Å².